The minimum absolute atomic E-state index is 0.174. The molecule has 164 valence electrons. The molecule has 1 fully saturated rings. The van der Waals surface area contributed by atoms with Crippen LogP contribution in [0.25, 0.3) is 11.1 Å². The van der Waals surface area contributed by atoms with Crippen LogP contribution in [0.5, 0.6) is 0 Å². The van der Waals surface area contributed by atoms with E-state index in [2.05, 4.69) is 10.3 Å². The number of amides is 2. The van der Waals surface area contributed by atoms with Crippen LogP contribution in [0.15, 0.2) is 60.8 Å². The van der Waals surface area contributed by atoms with Crippen molar-refractivity contribution < 1.29 is 14.7 Å². The zero-order valence-corrected chi connectivity index (χ0v) is 18.3. The lowest BCUT2D eigenvalue weighted by atomic mass is 9.98. The van der Waals surface area contributed by atoms with Crippen LogP contribution >= 0.6 is 0 Å². The van der Waals surface area contributed by atoms with Crippen molar-refractivity contribution in [1.29, 1.82) is 0 Å². The van der Waals surface area contributed by atoms with Gasteiger partial charge in [0.15, 0.2) is 0 Å². The van der Waals surface area contributed by atoms with E-state index in [-0.39, 0.29) is 11.8 Å². The van der Waals surface area contributed by atoms with Crippen LogP contribution in [-0.4, -0.2) is 46.0 Å². The van der Waals surface area contributed by atoms with Crippen LogP contribution in [0, 0.1) is 13.8 Å². The van der Waals surface area contributed by atoms with Gasteiger partial charge in [0.1, 0.15) is 0 Å². The molecule has 3 aromatic rings. The summed E-state index contributed by atoms with van der Waals surface area (Å²) in [6.45, 7) is 5.10. The molecule has 4 rings (SSSR count). The van der Waals surface area contributed by atoms with Gasteiger partial charge >= 0.3 is 0 Å². The van der Waals surface area contributed by atoms with Crippen molar-refractivity contribution in [2.24, 2.45) is 0 Å². The van der Waals surface area contributed by atoms with Crippen LogP contribution in [0.4, 0.5) is 0 Å². The highest BCUT2D eigenvalue weighted by Crippen LogP contribution is 2.25. The van der Waals surface area contributed by atoms with E-state index in [1.54, 1.807) is 17.2 Å². The van der Waals surface area contributed by atoms with Gasteiger partial charge < -0.3 is 15.3 Å². The predicted octanol–water partition coefficient (Wildman–Crippen LogP) is 3.50. The number of aliphatic hydroxyl groups is 1. The lowest BCUT2D eigenvalue weighted by Gasteiger charge is -2.17. The molecule has 6 heteroatoms. The van der Waals surface area contributed by atoms with Crippen LogP contribution in [0.3, 0.4) is 0 Å². The quantitative estimate of drug-likeness (QED) is 0.650. The fourth-order valence-electron chi connectivity index (χ4n) is 3.79. The SMILES string of the molecule is Cc1ccc(-c2cc(C(=O)NCc3ccc(C)nc3)cc(C(=O)N3CC[C@@H](O)C3)c2)cc1. The van der Waals surface area contributed by atoms with Crippen molar-refractivity contribution in [3.05, 3.63) is 88.7 Å². The van der Waals surface area contributed by atoms with E-state index >= 15 is 0 Å². The normalized spacial score (nSPS) is 15.6. The van der Waals surface area contributed by atoms with Gasteiger partial charge in [-0.2, -0.15) is 0 Å². The summed E-state index contributed by atoms with van der Waals surface area (Å²) in [5, 5.41) is 12.8. The Bertz CT molecular complexity index is 1120. The number of likely N-dealkylation sites (tertiary alicyclic amines) is 1. The molecule has 0 saturated carbocycles. The third-order valence-corrected chi connectivity index (χ3v) is 5.70. The fraction of sp³-hybridized carbons (Fsp3) is 0.269. The average molecular weight is 430 g/mol. The van der Waals surface area contributed by atoms with Gasteiger partial charge in [-0.3, -0.25) is 14.6 Å². The van der Waals surface area contributed by atoms with Gasteiger partial charge in [0, 0.05) is 42.7 Å². The van der Waals surface area contributed by atoms with Gasteiger partial charge in [0.25, 0.3) is 11.8 Å². The first-order valence-corrected chi connectivity index (χ1v) is 10.8. The van der Waals surface area contributed by atoms with E-state index < -0.39 is 6.10 Å². The average Bonchev–Trinajstić information content (AvgIpc) is 3.24. The van der Waals surface area contributed by atoms with Gasteiger partial charge in [-0.15, -0.1) is 0 Å². The van der Waals surface area contributed by atoms with Crippen LogP contribution in [-0.2, 0) is 6.54 Å². The Morgan fingerprint density at radius 2 is 1.78 bits per heavy atom. The summed E-state index contributed by atoms with van der Waals surface area (Å²) < 4.78 is 0. The van der Waals surface area contributed by atoms with E-state index in [0.717, 1.165) is 27.9 Å². The predicted molar refractivity (Wildman–Crippen MR) is 123 cm³/mol. The first kappa shape index (κ1) is 21.7. The Hall–Kier alpha value is -3.51. The summed E-state index contributed by atoms with van der Waals surface area (Å²) in [4.78, 5) is 32.0. The van der Waals surface area contributed by atoms with E-state index in [1.165, 1.54) is 0 Å². The molecular formula is C26H27N3O3. The third kappa shape index (κ3) is 5.03. The molecule has 32 heavy (non-hydrogen) atoms. The smallest absolute Gasteiger partial charge is 0.253 e. The number of pyridine rings is 1. The summed E-state index contributed by atoms with van der Waals surface area (Å²) in [7, 11) is 0. The number of aromatic nitrogens is 1. The molecule has 1 saturated heterocycles. The largest absolute Gasteiger partial charge is 0.391 e. The summed E-state index contributed by atoms with van der Waals surface area (Å²) in [5.74, 6) is -0.428. The molecule has 1 atom stereocenters. The summed E-state index contributed by atoms with van der Waals surface area (Å²) in [5.41, 5.74) is 5.56. The standard InChI is InChI=1S/C26H27N3O3/c1-17-3-7-20(8-4-17)21-11-22(25(31)28-15-19-6-5-18(2)27-14-19)13-23(12-21)26(32)29-10-9-24(30)16-29/h3-8,11-14,24,30H,9-10,15-16H2,1-2H3,(H,28,31)/t24-/m1/s1. The lowest BCUT2D eigenvalue weighted by molar-refractivity contribution is 0.0765. The number of benzene rings is 2. The maximum Gasteiger partial charge on any atom is 0.253 e. The molecule has 1 aliphatic rings. The fourth-order valence-corrected chi connectivity index (χ4v) is 3.79. The van der Waals surface area contributed by atoms with Crippen molar-refractivity contribution in [2.75, 3.05) is 13.1 Å². The number of carbonyl (C=O) groups excluding carboxylic acids is 2. The molecule has 0 bridgehead atoms. The summed E-state index contributed by atoms with van der Waals surface area (Å²) in [6.07, 6.45) is 1.82. The van der Waals surface area contributed by atoms with Crippen molar-refractivity contribution in [1.82, 2.24) is 15.2 Å². The molecule has 0 spiro atoms. The van der Waals surface area contributed by atoms with Crippen LogP contribution in [0.2, 0.25) is 0 Å². The van der Waals surface area contributed by atoms with Gasteiger partial charge in [0.05, 0.1) is 6.10 Å². The van der Waals surface area contributed by atoms with Crippen molar-refractivity contribution >= 4 is 11.8 Å². The number of hydrogen-bond acceptors (Lipinski definition) is 4. The molecular weight excluding hydrogens is 402 g/mol. The molecule has 2 N–H and O–H groups in total. The number of nitrogens with zero attached hydrogens (tertiary/aromatic N) is 2. The van der Waals surface area contributed by atoms with E-state index in [0.29, 0.717) is 37.2 Å². The Morgan fingerprint density at radius 3 is 2.44 bits per heavy atom. The molecule has 6 nitrogen and oxygen atoms in total. The zero-order chi connectivity index (χ0) is 22.7. The molecule has 1 aromatic heterocycles. The maximum absolute atomic E-state index is 13.1. The Balaban J connectivity index is 1.63. The Kier molecular flexibility index (Phi) is 6.32. The van der Waals surface area contributed by atoms with E-state index in [1.807, 2.05) is 62.4 Å². The third-order valence-electron chi connectivity index (χ3n) is 5.70. The van der Waals surface area contributed by atoms with Crippen LogP contribution < -0.4 is 5.32 Å². The van der Waals surface area contributed by atoms with E-state index in [9.17, 15) is 14.7 Å². The second kappa shape index (κ2) is 9.32. The number of hydrogen-bond donors (Lipinski definition) is 2. The first-order valence-electron chi connectivity index (χ1n) is 10.8. The monoisotopic (exact) mass is 429 g/mol. The number of aryl methyl sites for hydroxylation is 2. The van der Waals surface area contributed by atoms with Crippen LogP contribution in [0.1, 0.15) is 44.0 Å². The summed E-state index contributed by atoms with van der Waals surface area (Å²) in [6, 6.07) is 17.1. The molecule has 2 heterocycles. The minimum Gasteiger partial charge on any atom is -0.391 e. The number of carbonyl (C=O) groups is 2. The second-order valence-electron chi connectivity index (χ2n) is 8.35. The number of aliphatic hydroxyl groups excluding tert-OH is 1. The molecule has 2 aromatic carbocycles. The highest BCUT2D eigenvalue weighted by molar-refractivity contribution is 6.01. The number of nitrogens with one attached hydrogen (secondary N) is 1. The maximum atomic E-state index is 13.1. The highest BCUT2D eigenvalue weighted by atomic mass is 16.3. The highest BCUT2D eigenvalue weighted by Gasteiger charge is 2.26. The topological polar surface area (TPSA) is 82.5 Å². The molecule has 0 aliphatic carbocycles. The molecule has 0 unspecified atom stereocenters. The lowest BCUT2D eigenvalue weighted by Crippen LogP contribution is -2.30. The van der Waals surface area contributed by atoms with Crippen molar-refractivity contribution in [3.8, 4) is 11.1 Å². The molecule has 2 amide bonds. The summed E-state index contributed by atoms with van der Waals surface area (Å²) >= 11 is 0. The van der Waals surface area contributed by atoms with Gasteiger partial charge in [0.2, 0.25) is 0 Å². The second-order valence-corrected chi connectivity index (χ2v) is 8.35. The van der Waals surface area contributed by atoms with Gasteiger partial charge in [-0.25, -0.2) is 0 Å². The van der Waals surface area contributed by atoms with Gasteiger partial charge in [-0.05, 0) is 61.2 Å². The number of β-amino-alcohol motifs (C(OH)–C–C–N with tert-alkyl or cyclic N) is 1. The minimum atomic E-state index is -0.495. The zero-order valence-electron chi connectivity index (χ0n) is 18.3. The molecule has 1 aliphatic heterocycles. The van der Waals surface area contributed by atoms with Crippen molar-refractivity contribution in [3.63, 3.8) is 0 Å². The Labute approximate surface area is 187 Å². The first-order chi connectivity index (χ1) is 15.4. The van der Waals surface area contributed by atoms with E-state index in [4.69, 9.17) is 0 Å². The Morgan fingerprint density at radius 1 is 1.03 bits per heavy atom. The van der Waals surface area contributed by atoms with Crippen molar-refractivity contribution in [2.45, 2.75) is 32.9 Å². The number of rotatable bonds is 5. The van der Waals surface area contributed by atoms with Gasteiger partial charge in [-0.1, -0.05) is 35.9 Å². The molecule has 0 radical (unpaired) electrons.